The quantitative estimate of drug-likeness (QED) is 0.476. The predicted molar refractivity (Wildman–Crippen MR) is 110 cm³/mol. The van der Waals surface area contributed by atoms with Gasteiger partial charge >= 0.3 is 0 Å². The molecule has 0 aliphatic rings. The number of hydrogen-bond donors (Lipinski definition) is 1. The number of fused-ring (bicyclic) bond motifs is 3. The normalized spacial score (nSPS) is 13.7. The summed E-state index contributed by atoms with van der Waals surface area (Å²) in [5.41, 5.74) is 0.133. The predicted octanol–water partition coefficient (Wildman–Crippen LogP) is 4.25. The highest BCUT2D eigenvalue weighted by molar-refractivity contribution is 6.07. The van der Waals surface area contributed by atoms with E-state index in [2.05, 4.69) is 10.1 Å². The van der Waals surface area contributed by atoms with Gasteiger partial charge in [0.15, 0.2) is 0 Å². The van der Waals surface area contributed by atoms with Crippen molar-refractivity contribution in [3.8, 4) is 0 Å². The van der Waals surface area contributed by atoms with E-state index in [4.69, 9.17) is 0 Å². The molecule has 1 atom stereocenters. The third-order valence-corrected chi connectivity index (χ3v) is 5.42. The summed E-state index contributed by atoms with van der Waals surface area (Å²) < 4.78 is 31.7. The maximum Gasteiger partial charge on any atom is 0.137 e. The van der Waals surface area contributed by atoms with Crippen LogP contribution in [0.4, 0.5) is 8.78 Å². The van der Waals surface area contributed by atoms with Crippen molar-refractivity contribution in [2.75, 3.05) is 0 Å². The summed E-state index contributed by atoms with van der Waals surface area (Å²) in [6, 6.07) is 18.9. The van der Waals surface area contributed by atoms with Crippen molar-refractivity contribution in [2.45, 2.75) is 18.7 Å². The summed E-state index contributed by atoms with van der Waals surface area (Å²) in [6.45, 7) is -0.000173. The molecule has 0 spiro atoms. The minimum Gasteiger partial charge on any atom is -0.381 e. The summed E-state index contributed by atoms with van der Waals surface area (Å²) in [4.78, 5) is 3.91. The van der Waals surface area contributed by atoms with Crippen LogP contribution in [-0.2, 0) is 18.7 Å². The minimum atomic E-state index is -1.70. The van der Waals surface area contributed by atoms with Crippen molar-refractivity contribution in [3.05, 3.63) is 96.6 Å². The van der Waals surface area contributed by atoms with Crippen molar-refractivity contribution in [3.63, 3.8) is 0 Å². The van der Waals surface area contributed by atoms with Crippen LogP contribution in [0.25, 0.3) is 21.8 Å². The van der Waals surface area contributed by atoms with E-state index in [1.807, 2.05) is 53.1 Å². The van der Waals surface area contributed by atoms with Gasteiger partial charge in [0.2, 0.25) is 0 Å². The molecule has 5 nitrogen and oxygen atoms in total. The second-order valence-electron chi connectivity index (χ2n) is 7.37. The van der Waals surface area contributed by atoms with E-state index in [1.54, 1.807) is 0 Å². The van der Waals surface area contributed by atoms with Gasteiger partial charge in [-0.05, 0) is 18.2 Å². The van der Waals surface area contributed by atoms with E-state index in [0.717, 1.165) is 33.9 Å². The number of aromatic nitrogens is 4. The fourth-order valence-electron chi connectivity index (χ4n) is 4.10. The SMILES string of the molecule is OC(Cn1cncn1)(Cn1c2ccccc2c2ccccc21)c1ccc(F)cc1F. The van der Waals surface area contributed by atoms with Crippen molar-refractivity contribution < 1.29 is 13.9 Å². The molecule has 5 aromatic rings. The Kier molecular flexibility index (Phi) is 4.33. The average Bonchev–Trinajstić information content (AvgIpc) is 3.35. The minimum absolute atomic E-state index is 0.00117. The number of para-hydroxylation sites is 2. The molecule has 2 heterocycles. The number of nitrogens with zero attached hydrogens (tertiary/aromatic N) is 4. The lowest BCUT2D eigenvalue weighted by Gasteiger charge is -2.30. The van der Waals surface area contributed by atoms with Gasteiger partial charge in [0.25, 0.3) is 0 Å². The molecule has 0 aliphatic heterocycles. The molecule has 0 fully saturated rings. The van der Waals surface area contributed by atoms with Crippen LogP contribution in [0.3, 0.4) is 0 Å². The molecule has 5 rings (SSSR count). The maximum absolute atomic E-state index is 14.8. The molecule has 7 heteroatoms. The first-order valence-corrected chi connectivity index (χ1v) is 9.51. The summed E-state index contributed by atoms with van der Waals surface area (Å²) in [7, 11) is 0. The van der Waals surface area contributed by atoms with Gasteiger partial charge in [0.05, 0.1) is 13.1 Å². The molecule has 150 valence electrons. The largest absolute Gasteiger partial charge is 0.381 e. The highest BCUT2D eigenvalue weighted by Crippen LogP contribution is 2.34. The van der Waals surface area contributed by atoms with Gasteiger partial charge in [-0.1, -0.05) is 42.5 Å². The highest BCUT2D eigenvalue weighted by Gasteiger charge is 2.35. The van der Waals surface area contributed by atoms with Crippen LogP contribution in [-0.4, -0.2) is 24.4 Å². The van der Waals surface area contributed by atoms with Crippen LogP contribution in [0.5, 0.6) is 0 Å². The molecule has 3 aromatic carbocycles. The van der Waals surface area contributed by atoms with Crippen molar-refractivity contribution in [2.24, 2.45) is 0 Å². The third kappa shape index (κ3) is 3.04. The van der Waals surface area contributed by atoms with Crippen molar-refractivity contribution >= 4 is 21.8 Å². The molecule has 1 N–H and O–H groups in total. The smallest absolute Gasteiger partial charge is 0.137 e. The van der Waals surface area contributed by atoms with Crippen LogP contribution in [0, 0.1) is 11.6 Å². The first-order valence-electron chi connectivity index (χ1n) is 9.51. The molecule has 0 aliphatic carbocycles. The monoisotopic (exact) mass is 404 g/mol. The standard InChI is InChI=1S/C23H18F2N4O/c24-16-9-10-19(20(25)11-16)23(30,12-28-15-26-14-27-28)13-29-21-7-3-1-5-17(21)18-6-2-4-8-22(18)29/h1-11,14-15,30H,12-13H2. The van der Waals surface area contributed by atoms with Gasteiger partial charge in [0, 0.05) is 33.4 Å². The first-order chi connectivity index (χ1) is 14.5. The number of aliphatic hydroxyl groups is 1. The van der Waals surface area contributed by atoms with Gasteiger partial charge in [-0.2, -0.15) is 5.10 Å². The Morgan fingerprint density at radius 3 is 2.13 bits per heavy atom. The molecular formula is C23H18F2N4O. The van der Waals surface area contributed by atoms with E-state index < -0.39 is 17.2 Å². The Morgan fingerprint density at radius 2 is 1.53 bits per heavy atom. The lowest BCUT2D eigenvalue weighted by molar-refractivity contribution is -0.00340. The zero-order chi connectivity index (χ0) is 20.7. The maximum atomic E-state index is 14.8. The summed E-state index contributed by atoms with van der Waals surface area (Å²) in [5, 5.41) is 17.9. The Morgan fingerprint density at radius 1 is 0.867 bits per heavy atom. The van der Waals surface area contributed by atoms with Crippen LogP contribution in [0.2, 0.25) is 0 Å². The molecular weight excluding hydrogens is 386 g/mol. The number of halogens is 2. The van der Waals surface area contributed by atoms with Crippen molar-refractivity contribution in [1.82, 2.24) is 19.3 Å². The Labute approximate surface area is 170 Å². The van der Waals surface area contributed by atoms with Crippen molar-refractivity contribution in [1.29, 1.82) is 0 Å². The number of rotatable bonds is 5. The van der Waals surface area contributed by atoms with E-state index in [-0.39, 0.29) is 18.7 Å². The zero-order valence-corrected chi connectivity index (χ0v) is 15.9. The molecule has 0 radical (unpaired) electrons. The van der Waals surface area contributed by atoms with Crippen LogP contribution < -0.4 is 0 Å². The summed E-state index contributed by atoms with van der Waals surface area (Å²) >= 11 is 0. The van der Waals surface area contributed by atoms with E-state index in [0.29, 0.717) is 0 Å². The second kappa shape index (κ2) is 7.03. The van der Waals surface area contributed by atoms with Crippen LogP contribution in [0.1, 0.15) is 5.56 Å². The molecule has 0 saturated heterocycles. The molecule has 0 amide bonds. The first kappa shape index (κ1) is 18.4. The van der Waals surface area contributed by atoms with Crippen LogP contribution >= 0.6 is 0 Å². The van der Waals surface area contributed by atoms with E-state index >= 15 is 0 Å². The molecule has 0 saturated carbocycles. The number of hydrogen-bond acceptors (Lipinski definition) is 3. The molecule has 30 heavy (non-hydrogen) atoms. The molecule has 2 aromatic heterocycles. The van der Waals surface area contributed by atoms with Gasteiger partial charge in [-0.15, -0.1) is 0 Å². The molecule has 1 unspecified atom stereocenters. The zero-order valence-electron chi connectivity index (χ0n) is 15.9. The number of benzene rings is 3. The second-order valence-corrected chi connectivity index (χ2v) is 7.37. The van der Waals surface area contributed by atoms with Crippen LogP contribution in [0.15, 0.2) is 79.4 Å². The Hall–Kier alpha value is -3.58. The lowest BCUT2D eigenvalue weighted by atomic mass is 9.92. The third-order valence-electron chi connectivity index (χ3n) is 5.42. The summed E-state index contributed by atoms with van der Waals surface area (Å²) in [6.07, 6.45) is 2.81. The topological polar surface area (TPSA) is 55.9 Å². The lowest BCUT2D eigenvalue weighted by Crippen LogP contribution is -2.37. The van der Waals surface area contributed by atoms with Gasteiger partial charge in [-0.3, -0.25) is 0 Å². The van der Waals surface area contributed by atoms with Gasteiger partial charge in [-0.25, -0.2) is 18.4 Å². The van der Waals surface area contributed by atoms with Gasteiger partial charge < -0.3 is 9.67 Å². The summed E-state index contributed by atoms with van der Waals surface area (Å²) in [5.74, 6) is -1.50. The Balaban J connectivity index is 1.71. The fraction of sp³-hybridized carbons (Fsp3) is 0.130. The highest BCUT2D eigenvalue weighted by atomic mass is 19.1. The van der Waals surface area contributed by atoms with Gasteiger partial charge in [0.1, 0.15) is 29.9 Å². The Bertz CT molecular complexity index is 1290. The van der Waals surface area contributed by atoms with E-state index in [1.165, 1.54) is 23.4 Å². The van der Waals surface area contributed by atoms with E-state index in [9.17, 15) is 13.9 Å². The molecule has 0 bridgehead atoms. The average molecular weight is 404 g/mol. The fourth-order valence-corrected chi connectivity index (χ4v) is 4.10.